The lowest BCUT2D eigenvalue weighted by atomic mass is 10.2. The molecule has 2 aromatic carbocycles. The van der Waals surface area contributed by atoms with Crippen LogP contribution in [0, 0.1) is 10.1 Å². The number of thiazole rings is 1. The molecule has 30 heavy (non-hydrogen) atoms. The van der Waals surface area contributed by atoms with Crippen LogP contribution < -0.4 is 4.90 Å². The Hall–Kier alpha value is -2.75. The highest BCUT2D eigenvalue weighted by atomic mass is 32.2. The smallest absolute Gasteiger partial charge is 0.270 e. The summed E-state index contributed by atoms with van der Waals surface area (Å²) < 4.78 is 1.03. The van der Waals surface area contributed by atoms with Gasteiger partial charge in [-0.3, -0.25) is 19.8 Å². The van der Waals surface area contributed by atoms with E-state index in [4.69, 9.17) is 4.98 Å². The van der Waals surface area contributed by atoms with E-state index in [2.05, 4.69) is 0 Å². The second kappa shape index (κ2) is 9.84. The molecule has 0 unspecified atom stereocenters. The third-order valence-electron chi connectivity index (χ3n) is 4.36. The number of benzene rings is 2. The fourth-order valence-electron chi connectivity index (χ4n) is 2.79. The molecule has 156 valence electrons. The second-order valence-electron chi connectivity index (χ2n) is 6.78. The number of anilines is 1. The highest BCUT2D eigenvalue weighted by molar-refractivity contribution is 7.98. The molecule has 0 aliphatic rings. The van der Waals surface area contributed by atoms with Gasteiger partial charge in [-0.05, 0) is 44.1 Å². The molecule has 3 aromatic rings. The van der Waals surface area contributed by atoms with Crippen molar-refractivity contribution in [1.29, 1.82) is 0 Å². The first-order chi connectivity index (χ1) is 14.4. The molecule has 0 N–H and O–H groups in total. The van der Waals surface area contributed by atoms with Gasteiger partial charge in [0, 0.05) is 36.2 Å². The first kappa shape index (κ1) is 21.9. The Morgan fingerprint density at radius 3 is 2.70 bits per heavy atom. The zero-order valence-corrected chi connectivity index (χ0v) is 18.6. The first-order valence-electron chi connectivity index (χ1n) is 9.21. The number of likely N-dealkylation sites (N-methyl/N-ethyl adjacent to an activating group) is 1. The summed E-state index contributed by atoms with van der Waals surface area (Å²) >= 11 is 3.11. The fraction of sp³-hybridized carbons (Fsp3) is 0.238. The van der Waals surface area contributed by atoms with Gasteiger partial charge in [-0.25, -0.2) is 4.98 Å². The van der Waals surface area contributed by atoms with E-state index >= 15 is 0 Å². The Kier molecular flexibility index (Phi) is 7.20. The summed E-state index contributed by atoms with van der Waals surface area (Å²) in [5.74, 6) is -0.215. The molecular formula is C21H22N4O3S2. The van der Waals surface area contributed by atoms with Gasteiger partial charge in [-0.2, -0.15) is 0 Å². The normalized spacial score (nSPS) is 11.5. The number of hydrogen-bond acceptors (Lipinski definition) is 7. The van der Waals surface area contributed by atoms with Crippen LogP contribution in [0.15, 0.2) is 53.4 Å². The van der Waals surface area contributed by atoms with Crippen molar-refractivity contribution in [2.75, 3.05) is 38.3 Å². The Balaban J connectivity index is 1.90. The van der Waals surface area contributed by atoms with Crippen LogP contribution in [0.1, 0.15) is 5.56 Å². The molecule has 9 heteroatoms. The molecule has 0 bridgehead atoms. The number of nitro groups is 1. The average molecular weight is 443 g/mol. The van der Waals surface area contributed by atoms with Gasteiger partial charge in [0.2, 0.25) is 0 Å². The minimum atomic E-state index is -0.451. The molecule has 0 aliphatic carbocycles. The number of amides is 1. The molecule has 0 fully saturated rings. The number of thioether (sulfide) groups is 1. The number of hydrogen-bond donors (Lipinski definition) is 0. The summed E-state index contributed by atoms with van der Waals surface area (Å²) in [6, 6.07) is 12.2. The number of carbonyl (C=O) groups is 1. The number of nitrogens with zero attached hydrogens (tertiary/aromatic N) is 4. The maximum atomic E-state index is 13.0. The number of carbonyl (C=O) groups excluding carboxylic acids is 1. The van der Waals surface area contributed by atoms with Crippen LogP contribution in [0.5, 0.6) is 0 Å². The third kappa shape index (κ3) is 5.24. The molecule has 0 spiro atoms. The van der Waals surface area contributed by atoms with Gasteiger partial charge >= 0.3 is 0 Å². The van der Waals surface area contributed by atoms with Crippen molar-refractivity contribution in [3.05, 3.63) is 64.2 Å². The van der Waals surface area contributed by atoms with Gasteiger partial charge in [0.15, 0.2) is 5.13 Å². The Bertz CT molecular complexity index is 1090. The zero-order valence-electron chi connectivity index (χ0n) is 16.9. The van der Waals surface area contributed by atoms with Crippen molar-refractivity contribution >= 4 is 56.1 Å². The summed E-state index contributed by atoms with van der Waals surface area (Å²) in [5.41, 5.74) is 1.49. The lowest BCUT2D eigenvalue weighted by molar-refractivity contribution is -0.384. The van der Waals surface area contributed by atoms with E-state index in [0.29, 0.717) is 23.8 Å². The highest BCUT2D eigenvalue weighted by Crippen LogP contribution is 2.34. The minimum Gasteiger partial charge on any atom is -0.308 e. The highest BCUT2D eigenvalue weighted by Gasteiger charge is 2.19. The van der Waals surface area contributed by atoms with Crippen molar-refractivity contribution in [3.63, 3.8) is 0 Å². The third-order valence-corrected chi connectivity index (χ3v) is 6.17. The van der Waals surface area contributed by atoms with E-state index in [9.17, 15) is 14.9 Å². The standard InChI is InChI=1S/C21H22N4O3S2/c1-23(2)12-13-24(21-22-20-17(29-3)8-5-9-18(20)30-21)19(26)11-10-15-6-4-7-16(14-15)25(27)28/h4-11,14H,12-13H2,1-3H3/b11-10+. The monoisotopic (exact) mass is 442 g/mol. The van der Waals surface area contributed by atoms with Crippen LogP contribution in [0.2, 0.25) is 0 Å². The fourth-order valence-corrected chi connectivity index (χ4v) is 4.44. The van der Waals surface area contributed by atoms with Crippen LogP contribution in [0.25, 0.3) is 16.3 Å². The molecule has 1 amide bonds. The Labute approximate surface area is 183 Å². The Morgan fingerprint density at radius 1 is 1.23 bits per heavy atom. The van der Waals surface area contributed by atoms with Gasteiger partial charge in [-0.15, -0.1) is 11.8 Å². The van der Waals surface area contributed by atoms with Crippen molar-refractivity contribution < 1.29 is 9.72 Å². The van der Waals surface area contributed by atoms with Gasteiger partial charge in [-0.1, -0.05) is 29.5 Å². The summed E-state index contributed by atoms with van der Waals surface area (Å²) in [6.07, 6.45) is 5.04. The van der Waals surface area contributed by atoms with Gasteiger partial charge in [0.1, 0.15) is 0 Å². The molecule has 1 heterocycles. The van der Waals surface area contributed by atoms with E-state index in [-0.39, 0.29) is 11.6 Å². The number of para-hydroxylation sites is 1. The molecule has 3 rings (SSSR count). The molecule has 0 saturated carbocycles. The van der Waals surface area contributed by atoms with Crippen LogP contribution >= 0.6 is 23.1 Å². The maximum absolute atomic E-state index is 13.0. The van der Waals surface area contributed by atoms with Gasteiger partial charge in [0.05, 0.1) is 15.1 Å². The number of rotatable bonds is 8. The average Bonchev–Trinajstić information content (AvgIpc) is 3.16. The molecule has 0 radical (unpaired) electrons. The minimum absolute atomic E-state index is 0.00942. The van der Waals surface area contributed by atoms with Crippen LogP contribution in [0.3, 0.4) is 0 Å². The first-order valence-corrected chi connectivity index (χ1v) is 11.3. The van der Waals surface area contributed by atoms with E-state index < -0.39 is 4.92 Å². The molecule has 0 atom stereocenters. The topological polar surface area (TPSA) is 79.6 Å². The summed E-state index contributed by atoms with van der Waals surface area (Å²) in [7, 11) is 3.90. The molecule has 7 nitrogen and oxygen atoms in total. The van der Waals surface area contributed by atoms with Gasteiger partial charge in [0.25, 0.3) is 11.6 Å². The van der Waals surface area contributed by atoms with E-state index in [0.717, 1.165) is 15.1 Å². The Morgan fingerprint density at radius 2 is 2.00 bits per heavy atom. The lowest BCUT2D eigenvalue weighted by Crippen LogP contribution is -2.35. The maximum Gasteiger partial charge on any atom is 0.270 e. The van der Waals surface area contributed by atoms with Crippen molar-refractivity contribution in [3.8, 4) is 0 Å². The van der Waals surface area contributed by atoms with Crippen LogP contribution in [-0.4, -0.2) is 54.2 Å². The van der Waals surface area contributed by atoms with E-state index in [1.54, 1.807) is 34.9 Å². The van der Waals surface area contributed by atoms with E-state index in [1.807, 2.05) is 43.5 Å². The van der Waals surface area contributed by atoms with Crippen molar-refractivity contribution in [2.24, 2.45) is 0 Å². The quantitative estimate of drug-likeness (QED) is 0.221. The number of nitro benzene ring substituents is 1. The van der Waals surface area contributed by atoms with E-state index in [1.165, 1.54) is 29.5 Å². The number of non-ortho nitro benzene ring substituents is 1. The van der Waals surface area contributed by atoms with Gasteiger partial charge < -0.3 is 4.90 Å². The zero-order chi connectivity index (χ0) is 21.7. The molecule has 0 saturated heterocycles. The summed E-state index contributed by atoms with van der Waals surface area (Å²) in [5, 5.41) is 11.6. The largest absolute Gasteiger partial charge is 0.308 e. The SMILES string of the molecule is CSc1cccc2sc(N(CCN(C)C)C(=O)/C=C/c3cccc([N+](=O)[O-])c3)nc12. The molecule has 1 aromatic heterocycles. The van der Waals surface area contributed by atoms with Crippen molar-refractivity contribution in [2.45, 2.75) is 4.90 Å². The second-order valence-corrected chi connectivity index (χ2v) is 8.64. The van der Waals surface area contributed by atoms with Crippen LogP contribution in [-0.2, 0) is 4.79 Å². The van der Waals surface area contributed by atoms with Crippen molar-refractivity contribution in [1.82, 2.24) is 9.88 Å². The number of aromatic nitrogens is 1. The summed E-state index contributed by atoms with van der Waals surface area (Å²) in [4.78, 5) is 33.0. The predicted molar refractivity (Wildman–Crippen MR) is 124 cm³/mol. The lowest BCUT2D eigenvalue weighted by Gasteiger charge is -2.20. The molecular weight excluding hydrogens is 420 g/mol. The molecule has 0 aliphatic heterocycles. The summed E-state index contributed by atoms with van der Waals surface area (Å²) in [6.45, 7) is 1.17. The predicted octanol–water partition coefficient (Wildman–Crippen LogP) is 4.53. The van der Waals surface area contributed by atoms with Crippen LogP contribution in [0.4, 0.5) is 10.8 Å². The number of fused-ring (bicyclic) bond motifs is 1.